The van der Waals surface area contributed by atoms with Crippen LogP contribution in [0.2, 0.25) is 10.0 Å². The maximum atomic E-state index is 11.3. The number of aromatic nitrogens is 2. The van der Waals surface area contributed by atoms with Gasteiger partial charge in [-0.05, 0) is 31.5 Å². The molecule has 22 heavy (non-hydrogen) atoms. The third-order valence-electron chi connectivity index (χ3n) is 3.52. The van der Waals surface area contributed by atoms with Gasteiger partial charge in [0.15, 0.2) is 4.96 Å². The third kappa shape index (κ3) is 2.29. The van der Waals surface area contributed by atoms with Crippen molar-refractivity contribution in [2.75, 3.05) is 0 Å². The molecule has 0 aliphatic carbocycles. The molecule has 3 aromatic rings. The van der Waals surface area contributed by atoms with E-state index < -0.39 is 5.97 Å². The summed E-state index contributed by atoms with van der Waals surface area (Å²) in [5.74, 6) is -0.919. The van der Waals surface area contributed by atoms with E-state index in [0.29, 0.717) is 26.3 Å². The molecule has 0 atom stereocenters. The Morgan fingerprint density at radius 1 is 1.41 bits per heavy atom. The van der Waals surface area contributed by atoms with Gasteiger partial charge in [0.2, 0.25) is 0 Å². The predicted octanol–water partition coefficient (Wildman–Crippen LogP) is 4.94. The smallest absolute Gasteiger partial charge is 0.347 e. The molecular formula is C15H12Cl2N2O2S. The molecule has 0 amide bonds. The molecule has 114 valence electrons. The Hall–Kier alpha value is -1.56. The van der Waals surface area contributed by atoms with Crippen LogP contribution in [0.4, 0.5) is 0 Å². The Labute approximate surface area is 140 Å². The third-order valence-corrected chi connectivity index (χ3v) is 5.14. The van der Waals surface area contributed by atoms with Crippen LogP contribution in [0.1, 0.15) is 28.0 Å². The molecule has 7 heteroatoms. The lowest BCUT2D eigenvalue weighted by Crippen LogP contribution is -2.01. The van der Waals surface area contributed by atoms with Crippen molar-refractivity contribution in [2.24, 2.45) is 0 Å². The van der Waals surface area contributed by atoms with Crippen LogP contribution in [0.25, 0.3) is 16.2 Å². The first kappa shape index (κ1) is 15.3. The summed E-state index contributed by atoms with van der Waals surface area (Å²) < 4.78 is 1.90. The second kappa shape index (κ2) is 5.57. The van der Waals surface area contributed by atoms with Crippen LogP contribution in [0.15, 0.2) is 18.2 Å². The van der Waals surface area contributed by atoms with Crippen molar-refractivity contribution >= 4 is 45.5 Å². The lowest BCUT2D eigenvalue weighted by atomic mass is 10.1. The number of halogens is 2. The molecule has 2 aromatic heterocycles. The van der Waals surface area contributed by atoms with Crippen molar-refractivity contribution in [2.45, 2.75) is 20.3 Å². The SMILES string of the molecule is CCc1c(C(=O)O)sc2nc(-c3ccc(Cl)cc3Cl)c(C)n12. The van der Waals surface area contributed by atoms with Gasteiger partial charge in [0.25, 0.3) is 0 Å². The fraction of sp³-hybridized carbons (Fsp3) is 0.200. The zero-order valence-electron chi connectivity index (χ0n) is 11.9. The van der Waals surface area contributed by atoms with Crippen LogP contribution in [0, 0.1) is 6.92 Å². The largest absolute Gasteiger partial charge is 0.477 e. The molecule has 0 saturated heterocycles. The molecule has 0 aliphatic heterocycles. The Balaban J connectivity index is 2.27. The van der Waals surface area contributed by atoms with E-state index in [4.69, 9.17) is 23.2 Å². The first-order chi connectivity index (χ1) is 10.4. The first-order valence-corrected chi connectivity index (χ1v) is 8.20. The topological polar surface area (TPSA) is 54.6 Å². The highest BCUT2D eigenvalue weighted by molar-refractivity contribution is 7.19. The standard InChI is InChI=1S/C15H12Cl2N2O2S/c1-3-11-13(14(20)21)22-15-18-12(7(2)19(11)15)9-5-4-8(16)6-10(9)17/h4-6H,3H2,1-2H3,(H,20,21). The Morgan fingerprint density at radius 2 is 2.14 bits per heavy atom. The number of carbonyl (C=O) groups is 1. The van der Waals surface area contributed by atoms with Gasteiger partial charge >= 0.3 is 5.97 Å². The lowest BCUT2D eigenvalue weighted by Gasteiger charge is -2.05. The number of carboxylic acids is 1. The second-order valence-electron chi connectivity index (χ2n) is 4.82. The zero-order chi connectivity index (χ0) is 16.0. The summed E-state index contributed by atoms with van der Waals surface area (Å²) in [5, 5.41) is 10.4. The fourth-order valence-electron chi connectivity index (χ4n) is 2.54. The Morgan fingerprint density at radius 3 is 2.73 bits per heavy atom. The van der Waals surface area contributed by atoms with Gasteiger partial charge in [-0.1, -0.05) is 41.5 Å². The molecule has 2 heterocycles. The van der Waals surface area contributed by atoms with Gasteiger partial charge in [-0.15, -0.1) is 0 Å². The van der Waals surface area contributed by atoms with Crippen LogP contribution in [-0.2, 0) is 6.42 Å². The molecule has 0 radical (unpaired) electrons. The maximum Gasteiger partial charge on any atom is 0.347 e. The van der Waals surface area contributed by atoms with E-state index in [9.17, 15) is 9.90 Å². The van der Waals surface area contributed by atoms with Gasteiger partial charge < -0.3 is 5.11 Å². The number of carboxylic acid groups (broad SMARTS) is 1. The summed E-state index contributed by atoms with van der Waals surface area (Å²) in [6, 6.07) is 5.27. The zero-order valence-corrected chi connectivity index (χ0v) is 14.2. The average Bonchev–Trinajstić information content (AvgIpc) is 2.96. The van der Waals surface area contributed by atoms with Crippen LogP contribution in [0.5, 0.6) is 0 Å². The average molecular weight is 355 g/mol. The Kier molecular flexibility index (Phi) is 3.89. The number of fused-ring (bicyclic) bond motifs is 1. The number of aryl methyl sites for hydroxylation is 2. The number of hydrogen-bond donors (Lipinski definition) is 1. The van der Waals surface area contributed by atoms with Crippen molar-refractivity contribution in [3.8, 4) is 11.3 Å². The highest BCUT2D eigenvalue weighted by atomic mass is 35.5. The number of rotatable bonds is 3. The molecule has 0 fully saturated rings. The van der Waals surface area contributed by atoms with Gasteiger partial charge in [0, 0.05) is 22.0 Å². The van der Waals surface area contributed by atoms with Crippen LogP contribution in [0.3, 0.4) is 0 Å². The van der Waals surface area contributed by atoms with Crippen LogP contribution < -0.4 is 0 Å². The summed E-state index contributed by atoms with van der Waals surface area (Å²) in [4.78, 5) is 16.9. The van der Waals surface area contributed by atoms with E-state index in [0.717, 1.165) is 22.6 Å². The number of benzene rings is 1. The number of imidazole rings is 1. The molecule has 0 bridgehead atoms. The molecule has 0 aliphatic rings. The Bertz CT molecular complexity index is 899. The van der Waals surface area contributed by atoms with Crippen molar-refractivity contribution in [3.63, 3.8) is 0 Å². The van der Waals surface area contributed by atoms with Crippen molar-refractivity contribution in [1.29, 1.82) is 0 Å². The molecule has 4 nitrogen and oxygen atoms in total. The summed E-state index contributed by atoms with van der Waals surface area (Å²) >= 11 is 13.4. The van der Waals surface area contributed by atoms with E-state index in [1.165, 1.54) is 11.3 Å². The fourth-order valence-corrected chi connectivity index (χ4v) is 4.13. The highest BCUT2D eigenvalue weighted by Crippen LogP contribution is 2.35. The van der Waals surface area contributed by atoms with Crippen molar-refractivity contribution in [3.05, 3.63) is 44.5 Å². The molecule has 1 N–H and O–H groups in total. The van der Waals surface area contributed by atoms with Crippen molar-refractivity contribution < 1.29 is 9.90 Å². The first-order valence-electron chi connectivity index (χ1n) is 6.63. The summed E-state index contributed by atoms with van der Waals surface area (Å²) in [6.07, 6.45) is 0.618. The highest BCUT2D eigenvalue weighted by Gasteiger charge is 2.22. The van der Waals surface area contributed by atoms with Gasteiger partial charge in [-0.2, -0.15) is 0 Å². The van der Waals surface area contributed by atoms with Gasteiger partial charge in [0.1, 0.15) is 4.88 Å². The quantitative estimate of drug-likeness (QED) is 0.724. The van der Waals surface area contributed by atoms with Crippen LogP contribution in [-0.4, -0.2) is 20.5 Å². The predicted molar refractivity (Wildman–Crippen MR) is 89.6 cm³/mol. The van der Waals surface area contributed by atoms with Crippen molar-refractivity contribution in [1.82, 2.24) is 9.38 Å². The van der Waals surface area contributed by atoms with E-state index in [2.05, 4.69) is 4.98 Å². The summed E-state index contributed by atoms with van der Waals surface area (Å²) in [6.45, 7) is 3.85. The van der Waals surface area contributed by atoms with Gasteiger partial charge in [0.05, 0.1) is 10.7 Å². The second-order valence-corrected chi connectivity index (χ2v) is 6.65. The summed E-state index contributed by atoms with van der Waals surface area (Å²) in [7, 11) is 0. The minimum absolute atomic E-state index is 0.335. The minimum atomic E-state index is -0.919. The van der Waals surface area contributed by atoms with E-state index in [1.54, 1.807) is 12.1 Å². The molecule has 0 unspecified atom stereocenters. The number of thiazole rings is 1. The minimum Gasteiger partial charge on any atom is -0.477 e. The maximum absolute atomic E-state index is 11.3. The molecule has 3 rings (SSSR count). The number of aromatic carboxylic acids is 1. The van der Waals surface area contributed by atoms with E-state index in [-0.39, 0.29) is 0 Å². The number of nitrogens with zero attached hydrogens (tertiary/aromatic N) is 2. The summed E-state index contributed by atoms with van der Waals surface area (Å²) in [5.41, 5.74) is 3.17. The molecular weight excluding hydrogens is 343 g/mol. The monoisotopic (exact) mass is 354 g/mol. The van der Waals surface area contributed by atoms with Gasteiger partial charge in [-0.25, -0.2) is 9.78 Å². The van der Waals surface area contributed by atoms with Crippen LogP contribution >= 0.6 is 34.5 Å². The van der Waals surface area contributed by atoms with E-state index in [1.807, 2.05) is 24.3 Å². The normalized spacial score (nSPS) is 11.3. The number of hydrogen-bond acceptors (Lipinski definition) is 3. The van der Waals surface area contributed by atoms with E-state index >= 15 is 0 Å². The van der Waals surface area contributed by atoms with Gasteiger partial charge in [-0.3, -0.25) is 4.40 Å². The molecule has 0 saturated carbocycles. The lowest BCUT2D eigenvalue weighted by molar-refractivity contribution is 0.0700. The molecule has 1 aromatic carbocycles. The molecule has 0 spiro atoms.